The zero-order valence-electron chi connectivity index (χ0n) is 36.1. The van der Waals surface area contributed by atoms with Gasteiger partial charge in [-0.15, -0.1) is 0 Å². The Morgan fingerprint density at radius 2 is 0.623 bits per heavy atom. The standard InChI is InChI=1S/C47H90O6/c1-6-7-8-9-10-11-12-13-16-22-27-32-37-45(48)51-40-44(53-47(50)39-34-29-24-19-18-21-26-31-36-43(4)5)41-52-46(49)38-33-28-23-17-14-15-20-25-30-35-42(2)3/h42-44H,6-41H2,1-5H3/t44-/m1/s1. The number of esters is 3. The van der Waals surface area contributed by atoms with E-state index < -0.39 is 6.10 Å². The largest absolute Gasteiger partial charge is 0.462 e. The van der Waals surface area contributed by atoms with Crippen molar-refractivity contribution in [3.05, 3.63) is 0 Å². The summed E-state index contributed by atoms with van der Waals surface area (Å²) >= 11 is 0. The van der Waals surface area contributed by atoms with Crippen LogP contribution >= 0.6 is 0 Å². The Hall–Kier alpha value is -1.59. The number of ether oxygens (including phenoxy) is 3. The molecule has 0 radical (unpaired) electrons. The van der Waals surface area contributed by atoms with Crippen LogP contribution in [-0.4, -0.2) is 37.2 Å². The number of carbonyl (C=O) groups is 3. The highest BCUT2D eigenvalue weighted by Crippen LogP contribution is 2.16. The molecular formula is C47H90O6. The summed E-state index contributed by atoms with van der Waals surface area (Å²) in [6.45, 7) is 11.3. The lowest BCUT2D eigenvalue weighted by atomic mass is 10.0. The summed E-state index contributed by atoms with van der Waals surface area (Å²) < 4.78 is 16.7. The summed E-state index contributed by atoms with van der Waals surface area (Å²) in [7, 11) is 0. The van der Waals surface area contributed by atoms with Gasteiger partial charge in [-0.1, -0.05) is 214 Å². The molecule has 314 valence electrons. The average molecular weight is 751 g/mol. The Morgan fingerprint density at radius 1 is 0.358 bits per heavy atom. The van der Waals surface area contributed by atoms with Gasteiger partial charge in [0.2, 0.25) is 0 Å². The molecule has 0 unspecified atom stereocenters. The van der Waals surface area contributed by atoms with Crippen molar-refractivity contribution < 1.29 is 28.6 Å². The molecule has 0 N–H and O–H groups in total. The van der Waals surface area contributed by atoms with Gasteiger partial charge in [0.1, 0.15) is 13.2 Å². The third-order valence-corrected chi connectivity index (χ3v) is 10.5. The van der Waals surface area contributed by atoms with E-state index in [2.05, 4.69) is 34.6 Å². The Kier molecular flexibility index (Phi) is 38.9. The lowest BCUT2D eigenvalue weighted by Crippen LogP contribution is -2.30. The molecule has 6 nitrogen and oxygen atoms in total. The van der Waals surface area contributed by atoms with Crippen LogP contribution in [0.2, 0.25) is 0 Å². The first kappa shape index (κ1) is 51.4. The quantitative estimate of drug-likeness (QED) is 0.0352. The Morgan fingerprint density at radius 3 is 0.925 bits per heavy atom. The lowest BCUT2D eigenvalue weighted by Gasteiger charge is -2.18. The maximum Gasteiger partial charge on any atom is 0.306 e. The summed E-state index contributed by atoms with van der Waals surface area (Å²) in [5.41, 5.74) is 0. The second-order valence-corrected chi connectivity index (χ2v) is 17.0. The molecule has 1 atom stereocenters. The molecule has 0 aromatic rings. The van der Waals surface area contributed by atoms with Gasteiger partial charge in [-0.05, 0) is 31.1 Å². The molecule has 0 aliphatic rings. The highest BCUT2D eigenvalue weighted by Gasteiger charge is 2.19. The van der Waals surface area contributed by atoms with Crippen LogP contribution in [0.5, 0.6) is 0 Å². The van der Waals surface area contributed by atoms with Crippen molar-refractivity contribution in [2.75, 3.05) is 13.2 Å². The molecule has 0 aliphatic heterocycles. The fraction of sp³-hybridized carbons (Fsp3) is 0.936. The molecule has 0 spiro atoms. The predicted molar refractivity (Wildman–Crippen MR) is 224 cm³/mol. The van der Waals surface area contributed by atoms with Crippen molar-refractivity contribution in [3.8, 4) is 0 Å². The van der Waals surface area contributed by atoms with Gasteiger partial charge in [-0.2, -0.15) is 0 Å². The van der Waals surface area contributed by atoms with E-state index in [1.165, 1.54) is 141 Å². The molecule has 0 aromatic heterocycles. The molecule has 0 heterocycles. The summed E-state index contributed by atoms with van der Waals surface area (Å²) in [5.74, 6) is 0.743. The fourth-order valence-electron chi connectivity index (χ4n) is 6.93. The second kappa shape index (κ2) is 40.1. The van der Waals surface area contributed by atoms with Crippen LogP contribution in [0.15, 0.2) is 0 Å². The van der Waals surface area contributed by atoms with Crippen LogP contribution in [0.3, 0.4) is 0 Å². The predicted octanol–water partition coefficient (Wildman–Crippen LogP) is 14.6. The van der Waals surface area contributed by atoms with Crippen LogP contribution in [0.25, 0.3) is 0 Å². The number of unbranched alkanes of at least 4 members (excludes halogenated alkanes) is 26. The summed E-state index contributed by atoms with van der Waals surface area (Å²) in [6.07, 6.45) is 38.0. The molecule has 0 aromatic carbocycles. The zero-order valence-corrected chi connectivity index (χ0v) is 36.1. The molecule has 0 saturated heterocycles. The fourth-order valence-corrected chi connectivity index (χ4v) is 6.93. The monoisotopic (exact) mass is 751 g/mol. The van der Waals surface area contributed by atoms with Gasteiger partial charge in [0.25, 0.3) is 0 Å². The van der Waals surface area contributed by atoms with Crippen LogP contribution in [0.4, 0.5) is 0 Å². The maximum absolute atomic E-state index is 12.7. The van der Waals surface area contributed by atoms with Crippen molar-refractivity contribution >= 4 is 17.9 Å². The van der Waals surface area contributed by atoms with Crippen LogP contribution < -0.4 is 0 Å². The molecule has 0 rings (SSSR count). The minimum absolute atomic E-state index is 0.0651. The molecule has 0 amide bonds. The number of rotatable bonds is 41. The van der Waals surface area contributed by atoms with E-state index in [-0.39, 0.29) is 31.1 Å². The van der Waals surface area contributed by atoms with E-state index in [4.69, 9.17) is 14.2 Å². The van der Waals surface area contributed by atoms with Gasteiger partial charge >= 0.3 is 17.9 Å². The molecule has 0 aliphatic carbocycles. The Bertz CT molecular complexity index is 809. The molecule has 0 fully saturated rings. The maximum atomic E-state index is 12.7. The van der Waals surface area contributed by atoms with E-state index in [9.17, 15) is 14.4 Å². The van der Waals surface area contributed by atoms with Crippen LogP contribution in [-0.2, 0) is 28.6 Å². The van der Waals surface area contributed by atoms with Gasteiger partial charge in [-0.25, -0.2) is 0 Å². The van der Waals surface area contributed by atoms with Gasteiger partial charge in [0.15, 0.2) is 6.10 Å². The van der Waals surface area contributed by atoms with Gasteiger partial charge < -0.3 is 14.2 Å². The van der Waals surface area contributed by atoms with E-state index in [1.54, 1.807) is 0 Å². The van der Waals surface area contributed by atoms with Gasteiger partial charge in [0.05, 0.1) is 0 Å². The van der Waals surface area contributed by atoms with Crippen molar-refractivity contribution in [1.29, 1.82) is 0 Å². The van der Waals surface area contributed by atoms with Crippen LogP contribution in [0, 0.1) is 11.8 Å². The Labute approximate surface area is 329 Å². The van der Waals surface area contributed by atoms with Crippen molar-refractivity contribution in [3.63, 3.8) is 0 Å². The zero-order chi connectivity index (χ0) is 39.0. The number of hydrogen-bond donors (Lipinski definition) is 0. The molecular weight excluding hydrogens is 661 g/mol. The molecule has 6 heteroatoms. The van der Waals surface area contributed by atoms with Crippen LogP contribution in [0.1, 0.15) is 253 Å². The third-order valence-electron chi connectivity index (χ3n) is 10.5. The SMILES string of the molecule is CCCCCCCCCCCCCCC(=O)OC[C@H](COC(=O)CCCCCCCCCCCC(C)C)OC(=O)CCCCCCCCCCC(C)C. The van der Waals surface area contributed by atoms with Crippen molar-refractivity contribution in [2.24, 2.45) is 11.8 Å². The van der Waals surface area contributed by atoms with E-state index >= 15 is 0 Å². The first-order valence-electron chi connectivity index (χ1n) is 23.2. The normalized spacial score (nSPS) is 12.1. The van der Waals surface area contributed by atoms with E-state index in [0.29, 0.717) is 19.3 Å². The second-order valence-electron chi connectivity index (χ2n) is 17.0. The summed E-state index contributed by atoms with van der Waals surface area (Å²) in [4.78, 5) is 37.7. The molecule has 0 saturated carbocycles. The molecule has 0 bridgehead atoms. The third kappa shape index (κ3) is 41.4. The van der Waals surface area contributed by atoms with E-state index in [1.807, 2.05) is 0 Å². The number of hydrogen-bond acceptors (Lipinski definition) is 6. The highest BCUT2D eigenvalue weighted by molar-refractivity contribution is 5.71. The minimum Gasteiger partial charge on any atom is -0.462 e. The Balaban J connectivity index is 4.34. The average Bonchev–Trinajstić information content (AvgIpc) is 3.12. The molecule has 53 heavy (non-hydrogen) atoms. The lowest BCUT2D eigenvalue weighted by molar-refractivity contribution is -0.167. The van der Waals surface area contributed by atoms with Crippen molar-refractivity contribution in [1.82, 2.24) is 0 Å². The smallest absolute Gasteiger partial charge is 0.306 e. The van der Waals surface area contributed by atoms with E-state index in [0.717, 1.165) is 69.6 Å². The number of carbonyl (C=O) groups excluding carboxylic acids is 3. The highest BCUT2D eigenvalue weighted by atomic mass is 16.6. The van der Waals surface area contributed by atoms with Gasteiger partial charge in [-0.3, -0.25) is 14.4 Å². The summed E-state index contributed by atoms with van der Waals surface area (Å²) in [6, 6.07) is 0. The first-order chi connectivity index (χ1) is 25.7. The van der Waals surface area contributed by atoms with Crippen molar-refractivity contribution in [2.45, 2.75) is 259 Å². The topological polar surface area (TPSA) is 78.9 Å². The first-order valence-corrected chi connectivity index (χ1v) is 23.2. The summed E-state index contributed by atoms with van der Waals surface area (Å²) in [5, 5.41) is 0. The minimum atomic E-state index is -0.760. The van der Waals surface area contributed by atoms with Gasteiger partial charge in [0, 0.05) is 19.3 Å².